The lowest BCUT2D eigenvalue weighted by atomic mass is 9.91. The molecule has 0 saturated heterocycles. The molecule has 2 N–H and O–H groups in total. The van der Waals surface area contributed by atoms with Gasteiger partial charge in [-0.2, -0.15) is 0 Å². The molecule has 1 unspecified atom stereocenters. The summed E-state index contributed by atoms with van der Waals surface area (Å²) < 4.78 is 3.15. The molecule has 0 amide bonds. The van der Waals surface area contributed by atoms with E-state index in [1.54, 1.807) is 0 Å². The zero-order valence-corrected chi connectivity index (χ0v) is 14.5. The number of imidazole rings is 1. The van der Waals surface area contributed by atoms with Gasteiger partial charge in [-0.15, -0.1) is 0 Å². The number of hydrogen-bond donors (Lipinski definition) is 1. The van der Waals surface area contributed by atoms with E-state index in [0.29, 0.717) is 6.54 Å². The number of nitrogens with two attached hydrogens (primary N) is 1. The lowest BCUT2D eigenvalue weighted by molar-refractivity contribution is 0.131. The first-order chi connectivity index (χ1) is 9.94. The minimum Gasteiger partial charge on any atom is -0.337 e. The Morgan fingerprint density at radius 1 is 1.33 bits per heavy atom. The van der Waals surface area contributed by atoms with E-state index in [9.17, 15) is 0 Å². The molecule has 5 heteroatoms. The highest BCUT2D eigenvalue weighted by Gasteiger charge is 2.28. The molecule has 0 spiro atoms. The molecule has 2 aromatic rings. The van der Waals surface area contributed by atoms with E-state index in [-0.39, 0.29) is 5.54 Å². The fourth-order valence-electron chi connectivity index (χ4n) is 2.36. The van der Waals surface area contributed by atoms with Crippen molar-refractivity contribution in [2.24, 2.45) is 12.8 Å². The molecule has 4 nitrogen and oxygen atoms in total. The number of likely N-dealkylation sites (N-methyl/N-ethyl adjacent to an activating group) is 1. The predicted octanol–water partition coefficient (Wildman–Crippen LogP) is 2.57. The van der Waals surface area contributed by atoms with E-state index in [1.165, 1.54) is 5.56 Å². The molecular formula is C16H23BrN4. The number of aryl methyl sites for hydroxylation is 1. The maximum atomic E-state index is 6.07. The van der Waals surface area contributed by atoms with Crippen LogP contribution in [0.25, 0.3) is 0 Å². The second-order valence-electron chi connectivity index (χ2n) is 5.81. The fraction of sp³-hybridized carbons (Fsp3) is 0.438. The van der Waals surface area contributed by atoms with Gasteiger partial charge in [-0.25, -0.2) is 4.98 Å². The van der Waals surface area contributed by atoms with Crippen LogP contribution in [-0.4, -0.2) is 33.6 Å². The highest BCUT2D eigenvalue weighted by molar-refractivity contribution is 9.10. The van der Waals surface area contributed by atoms with Crippen LogP contribution in [0.15, 0.2) is 41.1 Å². The van der Waals surface area contributed by atoms with Crippen LogP contribution in [0, 0.1) is 0 Å². The van der Waals surface area contributed by atoms with E-state index >= 15 is 0 Å². The fourth-order valence-corrected chi connectivity index (χ4v) is 2.62. The number of rotatable bonds is 6. The first-order valence-electron chi connectivity index (χ1n) is 7.06. The predicted molar refractivity (Wildman–Crippen MR) is 90.0 cm³/mol. The summed E-state index contributed by atoms with van der Waals surface area (Å²) in [7, 11) is 4.13. The molecule has 1 heterocycles. The van der Waals surface area contributed by atoms with Crippen molar-refractivity contribution in [3.8, 4) is 0 Å². The van der Waals surface area contributed by atoms with E-state index in [1.807, 2.05) is 24.0 Å². The normalized spacial score (nSPS) is 14.4. The van der Waals surface area contributed by atoms with Gasteiger partial charge in [-0.1, -0.05) is 28.1 Å². The first kappa shape index (κ1) is 16.2. The Bertz CT molecular complexity index is 578. The average molecular weight is 351 g/mol. The molecule has 0 aliphatic heterocycles. The van der Waals surface area contributed by atoms with Crippen LogP contribution in [0.2, 0.25) is 0 Å². The maximum absolute atomic E-state index is 6.07. The van der Waals surface area contributed by atoms with Crippen molar-refractivity contribution in [1.82, 2.24) is 14.5 Å². The molecule has 0 saturated carbocycles. The molecule has 0 radical (unpaired) electrons. The van der Waals surface area contributed by atoms with Crippen LogP contribution in [0.4, 0.5) is 0 Å². The van der Waals surface area contributed by atoms with Crippen molar-refractivity contribution in [1.29, 1.82) is 0 Å². The standard InChI is InChI=1S/C16H23BrN4/c1-16(12-18,10-13-4-6-14(17)7-5-13)21(3)11-15-19-8-9-20(15)2/h4-9H,10-12,18H2,1-3H3. The third-order valence-electron chi connectivity index (χ3n) is 4.16. The van der Waals surface area contributed by atoms with E-state index in [2.05, 4.69) is 64.1 Å². The van der Waals surface area contributed by atoms with Crippen molar-refractivity contribution < 1.29 is 0 Å². The highest BCUT2D eigenvalue weighted by atomic mass is 79.9. The molecule has 1 aromatic carbocycles. The molecule has 2 rings (SSSR count). The van der Waals surface area contributed by atoms with Crippen molar-refractivity contribution in [2.75, 3.05) is 13.6 Å². The van der Waals surface area contributed by atoms with Gasteiger partial charge in [-0.3, -0.25) is 4.90 Å². The molecule has 0 aliphatic rings. The monoisotopic (exact) mass is 350 g/mol. The van der Waals surface area contributed by atoms with Crippen molar-refractivity contribution in [3.63, 3.8) is 0 Å². The molecule has 0 bridgehead atoms. The zero-order valence-electron chi connectivity index (χ0n) is 12.9. The summed E-state index contributed by atoms with van der Waals surface area (Å²) in [6.45, 7) is 3.59. The summed E-state index contributed by atoms with van der Waals surface area (Å²) in [6.07, 6.45) is 4.72. The van der Waals surface area contributed by atoms with Gasteiger partial charge in [0.25, 0.3) is 0 Å². The number of aromatic nitrogens is 2. The number of hydrogen-bond acceptors (Lipinski definition) is 3. The summed E-state index contributed by atoms with van der Waals surface area (Å²) in [4.78, 5) is 6.69. The smallest absolute Gasteiger partial charge is 0.122 e. The topological polar surface area (TPSA) is 47.1 Å². The van der Waals surface area contributed by atoms with Crippen LogP contribution < -0.4 is 5.73 Å². The Balaban J connectivity index is 2.12. The lowest BCUT2D eigenvalue weighted by Gasteiger charge is -2.38. The third-order valence-corrected chi connectivity index (χ3v) is 4.69. The van der Waals surface area contributed by atoms with Gasteiger partial charge in [-0.05, 0) is 38.1 Å². The molecule has 1 aromatic heterocycles. The molecule has 0 aliphatic carbocycles. The highest BCUT2D eigenvalue weighted by Crippen LogP contribution is 2.21. The lowest BCUT2D eigenvalue weighted by Crippen LogP contribution is -2.51. The Morgan fingerprint density at radius 2 is 2.00 bits per heavy atom. The minimum absolute atomic E-state index is 0.0974. The molecule has 0 fully saturated rings. The van der Waals surface area contributed by atoms with E-state index < -0.39 is 0 Å². The molecule has 21 heavy (non-hydrogen) atoms. The van der Waals surface area contributed by atoms with Gasteiger partial charge in [0.2, 0.25) is 0 Å². The summed E-state index contributed by atoms with van der Waals surface area (Å²) in [5.74, 6) is 1.05. The van der Waals surface area contributed by atoms with Crippen LogP contribution >= 0.6 is 15.9 Å². The Labute approximate surface area is 135 Å². The second-order valence-corrected chi connectivity index (χ2v) is 6.73. The summed E-state index contributed by atoms with van der Waals surface area (Å²) in [6, 6.07) is 8.44. The first-order valence-corrected chi connectivity index (χ1v) is 7.86. The largest absolute Gasteiger partial charge is 0.337 e. The summed E-state index contributed by atoms with van der Waals surface area (Å²) >= 11 is 3.47. The quantitative estimate of drug-likeness (QED) is 0.870. The van der Waals surface area contributed by atoms with Gasteiger partial charge >= 0.3 is 0 Å². The molecule has 114 valence electrons. The number of benzene rings is 1. The molecule has 1 atom stereocenters. The summed E-state index contributed by atoms with van der Waals surface area (Å²) in [5.41, 5.74) is 7.27. The summed E-state index contributed by atoms with van der Waals surface area (Å²) in [5, 5.41) is 0. The number of halogens is 1. The Hall–Kier alpha value is -1.17. The Kier molecular flexibility index (Phi) is 5.19. The van der Waals surface area contributed by atoms with Crippen LogP contribution in [0.5, 0.6) is 0 Å². The van der Waals surface area contributed by atoms with Crippen LogP contribution in [0.3, 0.4) is 0 Å². The maximum Gasteiger partial charge on any atom is 0.122 e. The second kappa shape index (κ2) is 6.73. The van der Waals surface area contributed by atoms with Gasteiger partial charge in [0.1, 0.15) is 5.82 Å². The van der Waals surface area contributed by atoms with E-state index in [0.717, 1.165) is 23.3 Å². The van der Waals surface area contributed by atoms with Gasteiger partial charge in [0.15, 0.2) is 0 Å². The number of nitrogens with zero attached hydrogens (tertiary/aromatic N) is 3. The van der Waals surface area contributed by atoms with Gasteiger partial charge < -0.3 is 10.3 Å². The van der Waals surface area contributed by atoms with Crippen molar-refractivity contribution in [3.05, 3.63) is 52.5 Å². The van der Waals surface area contributed by atoms with Gasteiger partial charge in [0.05, 0.1) is 6.54 Å². The Morgan fingerprint density at radius 3 is 2.52 bits per heavy atom. The average Bonchev–Trinajstić information content (AvgIpc) is 2.86. The van der Waals surface area contributed by atoms with Crippen molar-refractivity contribution in [2.45, 2.75) is 25.4 Å². The molecular weight excluding hydrogens is 328 g/mol. The van der Waals surface area contributed by atoms with Crippen molar-refractivity contribution >= 4 is 15.9 Å². The van der Waals surface area contributed by atoms with Gasteiger partial charge in [0, 0.05) is 36.0 Å². The van der Waals surface area contributed by atoms with E-state index in [4.69, 9.17) is 5.73 Å². The minimum atomic E-state index is -0.0974. The zero-order chi connectivity index (χ0) is 15.5. The van der Waals surface area contributed by atoms with Crippen LogP contribution in [-0.2, 0) is 20.0 Å². The third kappa shape index (κ3) is 3.93. The SMILES string of the molecule is CN(Cc1nccn1C)C(C)(CN)Cc1ccc(Br)cc1. The van der Waals surface area contributed by atoms with Crippen LogP contribution in [0.1, 0.15) is 18.3 Å².